The highest BCUT2D eigenvalue weighted by Crippen LogP contribution is 2.17. The lowest BCUT2D eigenvalue weighted by molar-refractivity contribution is 0.280. The van der Waals surface area contributed by atoms with Crippen LogP contribution in [0.4, 0.5) is 0 Å². The molecule has 0 saturated heterocycles. The van der Waals surface area contributed by atoms with Crippen LogP contribution in [0.15, 0.2) is 12.4 Å². The number of hydrogen-bond donors (Lipinski definition) is 2. The van der Waals surface area contributed by atoms with Gasteiger partial charge in [0.15, 0.2) is 0 Å². The quantitative estimate of drug-likeness (QED) is 0.600. The molecule has 3 heteroatoms. The Kier molecular flexibility index (Phi) is 1.60. The van der Waals surface area contributed by atoms with Gasteiger partial charge in [-0.2, -0.15) is 0 Å². The SMILES string of the molecule is OCc1cncc2c1CNC2. The summed E-state index contributed by atoms with van der Waals surface area (Å²) in [5, 5.41) is 12.1. The Morgan fingerprint density at radius 3 is 3.18 bits per heavy atom. The molecule has 0 bridgehead atoms. The molecule has 0 aromatic carbocycles. The van der Waals surface area contributed by atoms with Crippen molar-refractivity contribution in [1.29, 1.82) is 0 Å². The van der Waals surface area contributed by atoms with Gasteiger partial charge in [0.25, 0.3) is 0 Å². The first-order valence-corrected chi connectivity index (χ1v) is 3.68. The van der Waals surface area contributed by atoms with Crippen LogP contribution < -0.4 is 5.32 Å². The number of aliphatic hydroxyl groups is 1. The molecule has 3 nitrogen and oxygen atoms in total. The molecule has 1 aromatic rings. The average Bonchev–Trinajstić information content (AvgIpc) is 2.50. The Bertz CT molecular complexity index is 273. The van der Waals surface area contributed by atoms with Crippen molar-refractivity contribution < 1.29 is 5.11 Å². The van der Waals surface area contributed by atoms with Gasteiger partial charge in [-0.1, -0.05) is 0 Å². The Morgan fingerprint density at radius 2 is 2.36 bits per heavy atom. The summed E-state index contributed by atoms with van der Waals surface area (Å²) in [6.45, 7) is 1.85. The Balaban J connectivity index is 2.50. The van der Waals surface area contributed by atoms with E-state index in [1.54, 1.807) is 6.20 Å². The third-order valence-electron chi connectivity index (χ3n) is 2.02. The van der Waals surface area contributed by atoms with Crippen molar-refractivity contribution in [3.8, 4) is 0 Å². The van der Waals surface area contributed by atoms with Crippen LogP contribution in [0.1, 0.15) is 16.7 Å². The van der Waals surface area contributed by atoms with E-state index in [2.05, 4.69) is 10.3 Å². The number of nitrogens with zero attached hydrogens (tertiary/aromatic N) is 1. The molecule has 0 fully saturated rings. The second kappa shape index (κ2) is 2.60. The van der Waals surface area contributed by atoms with Crippen LogP contribution in [0.25, 0.3) is 0 Å². The molecule has 0 amide bonds. The molecule has 0 atom stereocenters. The molecular weight excluding hydrogens is 140 g/mol. The Labute approximate surface area is 65.1 Å². The maximum Gasteiger partial charge on any atom is 0.0700 e. The van der Waals surface area contributed by atoms with Gasteiger partial charge in [-0.25, -0.2) is 0 Å². The van der Waals surface area contributed by atoms with E-state index in [1.165, 1.54) is 11.1 Å². The van der Waals surface area contributed by atoms with E-state index in [0.29, 0.717) is 0 Å². The van der Waals surface area contributed by atoms with Crippen molar-refractivity contribution in [2.24, 2.45) is 0 Å². The van der Waals surface area contributed by atoms with E-state index in [4.69, 9.17) is 5.11 Å². The van der Waals surface area contributed by atoms with E-state index in [1.807, 2.05) is 6.20 Å². The number of fused-ring (bicyclic) bond motifs is 1. The number of aromatic nitrogens is 1. The van der Waals surface area contributed by atoms with Crippen molar-refractivity contribution in [3.63, 3.8) is 0 Å². The minimum atomic E-state index is 0.0951. The molecule has 1 aliphatic rings. The van der Waals surface area contributed by atoms with Crippen LogP contribution in [0, 0.1) is 0 Å². The van der Waals surface area contributed by atoms with Gasteiger partial charge in [-0.3, -0.25) is 4.98 Å². The summed E-state index contributed by atoms with van der Waals surface area (Å²) in [7, 11) is 0. The molecule has 1 aromatic heterocycles. The lowest BCUT2D eigenvalue weighted by Gasteiger charge is -2.01. The fourth-order valence-electron chi connectivity index (χ4n) is 1.42. The summed E-state index contributed by atoms with van der Waals surface area (Å²) in [6.07, 6.45) is 3.58. The Morgan fingerprint density at radius 1 is 1.45 bits per heavy atom. The number of nitrogens with one attached hydrogen (secondary N) is 1. The van der Waals surface area contributed by atoms with Gasteiger partial charge < -0.3 is 10.4 Å². The van der Waals surface area contributed by atoms with Crippen LogP contribution in [0.2, 0.25) is 0 Å². The van der Waals surface area contributed by atoms with Crippen molar-refractivity contribution in [2.45, 2.75) is 19.7 Å². The lowest BCUT2D eigenvalue weighted by Crippen LogP contribution is -2.01. The first kappa shape index (κ1) is 6.76. The molecule has 0 unspecified atom stereocenters. The van der Waals surface area contributed by atoms with E-state index >= 15 is 0 Å². The highest BCUT2D eigenvalue weighted by molar-refractivity contribution is 5.34. The maximum atomic E-state index is 8.93. The summed E-state index contributed by atoms with van der Waals surface area (Å²) in [5.41, 5.74) is 3.39. The van der Waals surface area contributed by atoms with Crippen LogP contribution in [0.5, 0.6) is 0 Å². The number of rotatable bonds is 1. The van der Waals surface area contributed by atoms with Crippen molar-refractivity contribution in [2.75, 3.05) is 0 Å². The Hall–Kier alpha value is -0.930. The summed E-state index contributed by atoms with van der Waals surface area (Å²) in [4.78, 5) is 4.03. The average molecular weight is 150 g/mol. The smallest absolute Gasteiger partial charge is 0.0700 e. The van der Waals surface area contributed by atoms with Gasteiger partial charge in [-0.05, 0) is 11.1 Å². The van der Waals surface area contributed by atoms with Crippen molar-refractivity contribution in [3.05, 3.63) is 29.1 Å². The molecular formula is C8H10N2O. The van der Waals surface area contributed by atoms with Gasteiger partial charge in [0, 0.05) is 31.0 Å². The minimum absolute atomic E-state index is 0.0951. The molecule has 0 radical (unpaired) electrons. The molecule has 2 N–H and O–H groups in total. The third kappa shape index (κ3) is 1.02. The molecule has 58 valence electrons. The standard InChI is InChI=1S/C8H10N2O/c11-5-7-3-9-1-6-2-10-4-8(6)7/h1,3,10-11H,2,4-5H2. The zero-order valence-electron chi connectivity index (χ0n) is 6.17. The van der Waals surface area contributed by atoms with Gasteiger partial charge in [-0.15, -0.1) is 0 Å². The molecule has 0 aliphatic carbocycles. The van der Waals surface area contributed by atoms with E-state index in [-0.39, 0.29) is 6.61 Å². The fourth-order valence-corrected chi connectivity index (χ4v) is 1.42. The largest absolute Gasteiger partial charge is 0.392 e. The summed E-state index contributed by atoms with van der Waals surface area (Å²) < 4.78 is 0. The van der Waals surface area contributed by atoms with Crippen LogP contribution in [0.3, 0.4) is 0 Å². The first-order valence-electron chi connectivity index (χ1n) is 3.68. The van der Waals surface area contributed by atoms with Crippen LogP contribution in [-0.2, 0) is 19.7 Å². The summed E-state index contributed by atoms with van der Waals surface area (Å²) in [5.74, 6) is 0. The monoisotopic (exact) mass is 150 g/mol. The summed E-state index contributed by atoms with van der Waals surface area (Å²) in [6, 6.07) is 0. The van der Waals surface area contributed by atoms with E-state index in [0.717, 1.165) is 18.7 Å². The number of aliphatic hydroxyl groups excluding tert-OH is 1. The molecule has 0 saturated carbocycles. The van der Waals surface area contributed by atoms with E-state index < -0.39 is 0 Å². The predicted molar refractivity (Wildman–Crippen MR) is 40.7 cm³/mol. The summed E-state index contributed by atoms with van der Waals surface area (Å²) >= 11 is 0. The zero-order chi connectivity index (χ0) is 7.68. The molecule has 2 rings (SSSR count). The van der Waals surface area contributed by atoms with Gasteiger partial charge in [0.1, 0.15) is 0 Å². The normalized spacial score (nSPS) is 15.0. The zero-order valence-corrected chi connectivity index (χ0v) is 6.17. The van der Waals surface area contributed by atoms with E-state index in [9.17, 15) is 0 Å². The highest BCUT2D eigenvalue weighted by Gasteiger charge is 2.12. The van der Waals surface area contributed by atoms with Gasteiger partial charge in [0.05, 0.1) is 6.61 Å². The lowest BCUT2D eigenvalue weighted by atomic mass is 10.1. The van der Waals surface area contributed by atoms with Gasteiger partial charge >= 0.3 is 0 Å². The first-order chi connectivity index (χ1) is 5.42. The van der Waals surface area contributed by atoms with Crippen LogP contribution >= 0.6 is 0 Å². The minimum Gasteiger partial charge on any atom is -0.392 e. The molecule has 2 heterocycles. The highest BCUT2D eigenvalue weighted by atomic mass is 16.3. The second-order valence-electron chi connectivity index (χ2n) is 2.70. The number of pyridine rings is 1. The topological polar surface area (TPSA) is 45.2 Å². The fraction of sp³-hybridized carbons (Fsp3) is 0.375. The number of hydrogen-bond acceptors (Lipinski definition) is 3. The van der Waals surface area contributed by atoms with Crippen molar-refractivity contribution >= 4 is 0 Å². The molecule has 0 spiro atoms. The molecule has 11 heavy (non-hydrogen) atoms. The van der Waals surface area contributed by atoms with Crippen molar-refractivity contribution in [1.82, 2.24) is 10.3 Å². The molecule has 1 aliphatic heterocycles. The van der Waals surface area contributed by atoms with Crippen LogP contribution in [-0.4, -0.2) is 10.1 Å². The third-order valence-corrected chi connectivity index (χ3v) is 2.02. The van der Waals surface area contributed by atoms with Gasteiger partial charge in [0.2, 0.25) is 0 Å². The predicted octanol–water partition coefficient (Wildman–Crippen LogP) is 0.177. The maximum absolute atomic E-state index is 8.93. The second-order valence-corrected chi connectivity index (χ2v) is 2.70.